The van der Waals surface area contributed by atoms with Crippen LogP contribution in [0.5, 0.6) is 0 Å². The Morgan fingerprint density at radius 1 is 0.417 bits per heavy atom. The lowest BCUT2D eigenvalue weighted by Gasteiger charge is -2.29. The molecule has 0 aliphatic heterocycles. The predicted octanol–water partition coefficient (Wildman–Crippen LogP) is 4.20. The third-order valence-corrected chi connectivity index (χ3v) is 4.52. The van der Waals surface area contributed by atoms with Gasteiger partial charge in [-0.15, -0.1) is 0 Å². The second-order valence-corrected chi connectivity index (χ2v) is 6.50. The van der Waals surface area contributed by atoms with E-state index in [9.17, 15) is 63.1 Å². The summed E-state index contributed by atoms with van der Waals surface area (Å²) in [7, 11) is 0. The van der Waals surface area contributed by atoms with E-state index in [4.69, 9.17) is 20.4 Å². The van der Waals surface area contributed by atoms with Crippen LogP contribution in [0.3, 0.4) is 0 Å². The Kier molecular flexibility index (Phi) is 6.72. The molecule has 0 unspecified atom stereocenters. The van der Waals surface area contributed by atoms with Gasteiger partial charge >= 0.3 is 35.7 Å². The second kappa shape index (κ2) is 8.68. The molecule has 2 aromatic carbocycles. The second-order valence-electron chi connectivity index (χ2n) is 6.50. The topological polar surface area (TPSA) is 149 Å². The smallest absolute Gasteiger partial charge is 0.345 e. The number of hydrogen-bond donors (Lipinski definition) is 4. The van der Waals surface area contributed by atoms with Crippen LogP contribution in [0, 0.1) is 34.9 Å². The van der Waals surface area contributed by atoms with Crippen LogP contribution in [0.25, 0.3) is 0 Å². The quantitative estimate of drug-likeness (QED) is 0.303. The van der Waals surface area contributed by atoms with Crippen LogP contribution in [0.4, 0.5) is 43.9 Å². The highest BCUT2D eigenvalue weighted by atomic mass is 19.3. The summed E-state index contributed by atoms with van der Waals surface area (Å²) in [5, 5.41) is 35.1. The van der Waals surface area contributed by atoms with E-state index >= 15 is 0 Å². The van der Waals surface area contributed by atoms with Crippen molar-refractivity contribution in [1.82, 2.24) is 0 Å². The maximum absolute atomic E-state index is 14.7. The van der Waals surface area contributed by atoms with Crippen LogP contribution < -0.4 is 0 Å². The molecule has 0 fully saturated rings. The van der Waals surface area contributed by atoms with E-state index in [1.807, 2.05) is 0 Å². The van der Waals surface area contributed by atoms with Gasteiger partial charge in [0.1, 0.15) is 33.4 Å². The number of hydrogen-bond acceptors (Lipinski definition) is 4. The van der Waals surface area contributed by atoms with Crippen molar-refractivity contribution in [2.24, 2.45) is 0 Å². The zero-order valence-electron chi connectivity index (χ0n) is 16.2. The van der Waals surface area contributed by atoms with Crippen LogP contribution in [-0.2, 0) is 11.8 Å². The van der Waals surface area contributed by atoms with Crippen LogP contribution in [0.2, 0.25) is 0 Å². The molecule has 0 radical (unpaired) electrons. The van der Waals surface area contributed by atoms with Crippen LogP contribution in [0.15, 0.2) is 0 Å². The number of benzene rings is 2. The summed E-state index contributed by atoms with van der Waals surface area (Å²) >= 11 is 0. The van der Waals surface area contributed by atoms with E-state index < -0.39 is 104 Å². The van der Waals surface area contributed by atoms with Gasteiger partial charge < -0.3 is 20.4 Å². The van der Waals surface area contributed by atoms with Gasteiger partial charge in [-0.1, -0.05) is 0 Å². The third-order valence-electron chi connectivity index (χ3n) is 4.52. The Bertz CT molecular complexity index is 1270. The lowest BCUT2D eigenvalue weighted by atomic mass is 9.89. The zero-order valence-corrected chi connectivity index (χ0v) is 16.2. The summed E-state index contributed by atoms with van der Waals surface area (Å²) in [5.41, 5.74) is -17.4. The average molecular weight is 538 g/mol. The molecule has 194 valence electrons. The van der Waals surface area contributed by atoms with Crippen molar-refractivity contribution in [2.45, 2.75) is 11.8 Å². The summed E-state index contributed by atoms with van der Waals surface area (Å²) < 4.78 is 144. The fourth-order valence-corrected chi connectivity index (χ4v) is 2.99. The monoisotopic (exact) mass is 538 g/mol. The molecular formula is C18H4F10O8. The average Bonchev–Trinajstić information content (AvgIpc) is 2.71. The molecule has 0 bridgehead atoms. The molecule has 18 heteroatoms. The van der Waals surface area contributed by atoms with E-state index in [1.165, 1.54) is 0 Å². The summed E-state index contributed by atoms with van der Waals surface area (Å²) in [6.07, 6.45) is 0. The lowest BCUT2D eigenvalue weighted by Crippen LogP contribution is -2.41. The van der Waals surface area contributed by atoms with Crippen molar-refractivity contribution in [2.75, 3.05) is 0 Å². The first-order chi connectivity index (χ1) is 16.2. The van der Waals surface area contributed by atoms with Crippen LogP contribution in [-0.4, -0.2) is 44.3 Å². The van der Waals surface area contributed by atoms with E-state index in [1.54, 1.807) is 0 Å². The van der Waals surface area contributed by atoms with E-state index in [0.29, 0.717) is 0 Å². The Morgan fingerprint density at radius 2 is 0.611 bits per heavy atom. The number of carboxylic acids is 4. The van der Waals surface area contributed by atoms with Crippen molar-refractivity contribution in [3.05, 3.63) is 68.3 Å². The molecular weight excluding hydrogens is 534 g/mol. The van der Waals surface area contributed by atoms with Gasteiger partial charge in [0.15, 0.2) is 34.9 Å². The minimum absolute atomic E-state index is 2.46. The van der Waals surface area contributed by atoms with Gasteiger partial charge in [-0.2, -0.15) is 17.6 Å². The summed E-state index contributed by atoms with van der Waals surface area (Å²) in [4.78, 5) is 44.0. The summed E-state index contributed by atoms with van der Waals surface area (Å²) in [6.45, 7) is 0. The van der Waals surface area contributed by atoms with Crippen LogP contribution in [0.1, 0.15) is 52.6 Å². The molecule has 0 aromatic heterocycles. The number of carboxylic acid groups (broad SMARTS) is 4. The minimum Gasteiger partial charge on any atom is -0.478 e. The molecule has 8 nitrogen and oxygen atoms in total. The van der Waals surface area contributed by atoms with Gasteiger partial charge in [-0.05, 0) is 0 Å². The van der Waals surface area contributed by atoms with Crippen LogP contribution >= 0.6 is 0 Å². The lowest BCUT2D eigenvalue weighted by molar-refractivity contribution is -0.229. The van der Waals surface area contributed by atoms with Crippen molar-refractivity contribution >= 4 is 23.9 Å². The Hall–Kier alpha value is -4.38. The molecule has 2 rings (SSSR count). The Balaban J connectivity index is 3.11. The molecule has 0 aliphatic carbocycles. The van der Waals surface area contributed by atoms with Crippen molar-refractivity contribution in [1.29, 1.82) is 0 Å². The number of aromatic carboxylic acids is 4. The number of halogens is 10. The molecule has 0 heterocycles. The van der Waals surface area contributed by atoms with E-state index in [-0.39, 0.29) is 0 Å². The summed E-state index contributed by atoms with van der Waals surface area (Å²) in [6, 6.07) is 0. The van der Waals surface area contributed by atoms with Crippen molar-refractivity contribution in [3.8, 4) is 0 Å². The SMILES string of the molecule is O=C(O)c1c(F)c(F)c(C(F)(F)C(F)(F)c2c(F)c(F)c(C(=O)O)c(C(=O)O)c2F)c(F)c1C(=O)O. The van der Waals surface area contributed by atoms with E-state index in [2.05, 4.69) is 0 Å². The predicted molar refractivity (Wildman–Crippen MR) is 88.3 cm³/mol. The molecule has 0 amide bonds. The number of alkyl halides is 4. The molecule has 0 atom stereocenters. The van der Waals surface area contributed by atoms with Crippen molar-refractivity contribution < 1.29 is 83.5 Å². The highest BCUT2D eigenvalue weighted by Gasteiger charge is 2.65. The molecule has 36 heavy (non-hydrogen) atoms. The number of rotatable bonds is 7. The zero-order chi connectivity index (χ0) is 28.2. The molecule has 0 aliphatic rings. The maximum Gasteiger partial charge on any atom is 0.345 e. The molecule has 0 saturated heterocycles. The maximum atomic E-state index is 14.7. The first-order valence-electron chi connectivity index (χ1n) is 8.35. The van der Waals surface area contributed by atoms with Gasteiger partial charge in [0.05, 0.1) is 0 Å². The first kappa shape index (κ1) is 27.9. The largest absolute Gasteiger partial charge is 0.478 e. The van der Waals surface area contributed by atoms with Gasteiger partial charge in [0.25, 0.3) is 0 Å². The highest BCUT2D eigenvalue weighted by molar-refractivity contribution is 6.03. The Morgan fingerprint density at radius 3 is 0.806 bits per heavy atom. The van der Waals surface area contributed by atoms with E-state index in [0.717, 1.165) is 0 Å². The fraction of sp³-hybridized carbons (Fsp3) is 0.111. The molecule has 0 saturated carbocycles. The fourth-order valence-electron chi connectivity index (χ4n) is 2.99. The van der Waals surface area contributed by atoms with Gasteiger partial charge in [-0.25, -0.2) is 45.5 Å². The van der Waals surface area contributed by atoms with Gasteiger partial charge in [0, 0.05) is 0 Å². The highest BCUT2D eigenvalue weighted by Crippen LogP contribution is 2.53. The Labute approximate surface area is 188 Å². The normalized spacial score (nSPS) is 11.9. The minimum atomic E-state index is -6.81. The number of carbonyl (C=O) groups is 4. The molecule has 4 N–H and O–H groups in total. The third kappa shape index (κ3) is 3.73. The standard InChI is InChI=1S/C18H4F10O8/c19-7-1(13(29)30)3(15(33)34)9(21)11(23)5(7)17(25,26)18(27,28)6-8(20)2(14(31)32)4(16(35)36)10(22)12(6)24/h(H,29,30)(H,31,32)(H,33,34)(H,35,36). The van der Waals surface area contributed by atoms with Gasteiger partial charge in [-0.3, -0.25) is 0 Å². The van der Waals surface area contributed by atoms with Gasteiger partial charge in [0.2, 0.25) is 0 Å². The summed E-state index contributed by atoms with van der Waals surface area (Å²) in [5.74, 6) is -44.9. The molecule has 0 spiro atoms. The molecule has 2 aromatic rings. The first-order valence-corrected chi connectivity index (χ1v) is 8.35. The van der Waals surface area contributed by atoms with Crippen molar-refractivity contribution in [3.63, 3.8) is 0 Å².